The van der Waals surface area contributed by atoms with Gasteiger partial charge in [0.15, 0.2) is 17.4 Å². The number of hydrazine groups is 1. The molecule has 1 aromatic heterocycles. The fraction of sp³-hybridized carbons (Fsp3) is 0.286. The maximum atomic E-state index is 13.9. The smallest absolute Gasteiger partial charge is 0.227 e. The first kappa shape index (κ1) is 14.2. The van der Waals surface area contributed by atoms with E-state index in [9.17, 15) is 4.39 Å². The fourth-order valence-electron chi connectivity index (χ4n) is 1.94. The highest BCUT2D eigenvalue weighted by molar-refractivity contribution is 9.10. The third-order valence-electron chi connectivity index (χ3n) is 3.30. The van der Waals surface area contributed by atoms with E-state index in [1.807, 2.05) is 0 Å². The van der Waals surface area contributed by atoms with Crippen LogP contribution in [0.25, 0.3) is 0 Å². The number of nitrogens with one attached hydrogen (secondary N) is 1. The number of halogens is 2. The third kappa shape index (κ3) is 2.98. The number of benzene rings is 1. The van der Waals surface area contributed by atoms with Crippen molar-refractivity contribution in [2.75, 3.05) is 5.43 Å². The highest BCUT2D eigenvalue weighted by atomic mass is 79.9. The Bertz CT molecular complexity index is 691. The number of nitrogen functional groups attached to an aromatic ring is 1. The van der Waals surface area contributed by atoms with Gasteiger partial charge in [0, 0.05) is 10.4 Å². The van der Waals surface area contributed by atoms with Gasteiger partial charge < -0.3 is 10.2 Å². The van der Waals surface area contributed by atoms with E-state index in [0.29, 0.717) is 33.5 Å². The predicted octanol–water partition coefficient (Wildman–Crippen LogP) is 3.64. The van der Waals surface area contributed by atoms with Crippen molar-refractivity contribution in [1.29, 1.82) is 0 Å². The molecule has 110 valence electrons. The Morgan fingerprint density at radius 1 is 1.38 bits per heavy atom. The molecule has 3 N–H and O–H groups in total. The molecule has 1 aromatic carbocycles. The molecule has 0 spiro atoms. The van der Waals surface area contributed by atoms with E-state index in [1.165, 1.54) is 6.07 Å². The third-order valence-corrected chi connectivity index (χ3v) is 3.79. The van der Waals surface area contributed by atoms with Gasteiger partial charge in [0.1, 0.15) is 5.82 Å². The van der Waals surface area contributed by atoms with Gasteiger partial charge in [-0.2, -0.15) is 4.98 Å². The van der Waals surface area contributed by atoms with E-state index in [1.54, 1.807) is 19.1 Å². The molecule has 0 amide bonds. The van der Waals surface area contributed by atoms with E-state index >= 15 is 0 Å². The second-order valence-electron chi connectivity index (χ2n) is 4.96. The van der Waals surface area contributed by atoms with Gasteiger partial charge in [-0.25, -0.2) is 15.2 Å². The van der Waals surface area contributed by atoms with Gasteiger partial charge in [-0.1, -0.05) is 15.9 Å². The summed E-state index contributed by atoms with van der Waals surface area (Å²) in [5, 5.41) is 0. The van der Waals surface area contributed by atoms with Gasteiger partial charge in [0.2, 0.25) is 5.88 Å². The van der Waals surface area contributed by atoms with Crippen molar-refractivity contribution in [3.05, 3.63) is 39.9 Å². The summed E-state index contributed by atoms with van der Waals surface area (Å²) in [5.74, 6) is 6.97. The zero-order valence-corrected chi connectivity index (χ0v) is 12.9. The Hall–Kier alpha value is -1.73. The largest absolute Gasteiger partial charge is 0.435 e. The number of hydrogen-bond donors (Lipinski definition) is 2. The van der Waals surface area contributed by atoms with Gasteiger partial charge in [0.05, 0.1) is 5.56 Å². The molecule has 21 heavy (non-hydrogen) atoms. The number of ether oxygens (including phenoxy) is 1. The molecule has 0 radical (unpaired) electrons. The molecule has 1 heterocycles. The van der Waals surface area contributed by atoms with Gasteiger partial charge in [-0.15, -0.1) is 0 Å². The maximum Gasteiger partial charge on any atom is 0.227 e. The van der Waals surface area contributed by atoms with Crippen molar-refractivity contribution in [3.63, 3.8) is 0 Å². The first-order valence-corrected chi connectivity index (χ1v) is 7.36. The number of aromatic nitrogens is 2. The molecule has 0 saturated heterocycles. The first-order chi connectivity index (χ1) is 10.1. The summed E-state index contributed by atoms with van der Waals surface area (Å²) in [6, 6.07) is 4.60. The van der Waals surface area contributed by atoms with Crippen LogP contribution in [0.15, 0.2) is 22.7 Å². The van der Waals surface area contributed by atoms with Crippen LogP contribution >= 0.6 is 15.9 Å². The van der Waals surface area contributed by atoms with Crippen molar-refractivity contribution in [3.8, 4) is 11.6 Å². The predicted molar refractivity (Wildman–Crippen MR) is 80.7 cm³/mol. The number of anilines is 1. The lowest BCUT2D eigenvalue weighted by Gasteiger charge is -2.13. The molecular weight excluding hydrogens is 339 g/mol. The van der Waals surface area contributed by atoms with Crippen molar-refractivity contribution in [2.45, 2.75) is 25.7 Å². The number of nitrogens with two attached hydrogens (primary N) is 1. The minimum atomic E-state index is -0.461. The second kappa shape index (κ2) is 5.57. The highest BCUT2D eigenvalue weighted by Crippen LogP contribution is 2.40. The molecule has 0 aliphatic heterocycles. The Morgan fingerprint density at radius 3 is 2.76 bits per heavy atom. The van der Waals surface area contributed by atoms with Crippen LogP contribution in [0.1, 0.15) is 30.1 Å². The molecule has 3 rings (SSSR count). The second-order valence-corrected chi connectivity index (χ2v) is 5.87. The molecule has 0 unspecified atom stereocenters. The van der Waals surface area contributed by atoms with Crippen LogP contribution in [0, 0.1) is 12.7 Å². The number of hydrogen-bond acceptors (Lipinski definition) is 5. The van der Waals surface area contributed by atoms with Gasteiger partial charge in [-0.3, -0.25) is 0 Å². The van der Waals surface area contributed by atoms with E-state index in [-0.39, 0.29) is 5.75 Å². The molecule has 5 nitrogen and oxygen atoms in total. The summed E-state index contributed by atoms with van der Waals surface area (Å²) in [6.07, 6.45) is 2.11. The summed E-state index contributed by atoms with van der Waals surface area (Å²) in [7, 11) is 0. The molecular formula is C14H14BrFN4O. The fourth-order valence-corrected chi connectivity index (χ4v) is 2.27. The van der Waals surface area contributed by atoms with Crippen LogP contribution in [0.4, 0.5) is 10.2 Å². The van der Waals surface area contributed by atoms with Crippen molar-refractivity contribution < 1.29 is 9.13 Å². The molecule has 1 aliphatic rings. The van der Waals surface area contributed by atoms with E-state index in [0.717, 1.165) is 12.8 Å². The Kier molecular flexibility index (Phi) is 3.77. The van der Waals surface area contributed by atoms with E-state index in [2.05, 4.69) is 31.3 Å². The molecule has 1 fully saturated rings. The average Bonchev–Trinajstić information content (AvgIpc) is 3.28. The van der Waals surface area contributed by atoms with Crippen LogP contribution < -0.4 is 16.0 Å². The standard InChI is InChI=1S/C14H14BrFN4O/c1-7-12(20-17)18-13(8-2-3-8)19-14(7)21-11-5-4-9(15)6-10(11)16/h4-6,8H,2-3,17H2,1H3,(H,18,19,20). The average molecular weight is 353 g/mol. The molecule has 1 saturated carbocycles. The quantitative estimate of drug-likeness (QED) is 0.649. The molecule has 7 heteroatoms. The van der Waals surface area contributed by atoms with Crippen molar-refractivity contribution in [2.24, 2.45) is 5.84 Å². The Morgan fingerprint density at radius 2 is 2.14 bits per heavy atom. The summed E-state index contributed by atoms with van der Waals surface area (Å²) >= 11 is 3.21. The molecule has 0 atom stereocenters. The lowest BCUT2D eigenvalue weighted by atomic mass is 10.3. The number of nitrogens with zero attached hydrogens (tertiary/aromatic N) is 2. The van der Waals surface area contributed by atoms with Crippen LogP contribution in [0.5, 0.6) is 11.6 Å². The minimum absolute atomic E-state index is 0.115. The summed E-state index contributed by atoms with van der Waals surface area (Å²) in [6.45, 7) is 1.78. The van der Waals surface area contributed by atoms with E-state index < -0.39 is 5.82 Å². The highest BCUT2D eigenvalue weighted by Gasteiger charge is 2.28. The molecule has 1 aliphatic carbocycles. The SMILES string of the molecule is Cc1c(NN)nc(C2CC2)nc1Oc1ccc(Br)cc1F. The lowest BCUT2D eigenvalue weighted by molar-refractivity contribution is 0.421. The van der Waals surface area contributed by atoms with Crippen molar-refractivity contribution in [1.82, 2.24) is 9.97 Å². The normalized spacial score (nSPS) is 14.1. The zero-order chi connectivity index (χ0) is 15.0. The topological polar surface area (TPSA) is 73.1 Å². The van der Waals surface area contributed by atoms with Gasteiger partial charge >= 0.3 is 0 Å². The molecule has 0 bridgehead atoms. The Balaban J connectivity index is 1.98. The van der Waals surface area contributed by atoms with Crippen LogP contribution in [-0.4, -0.2) is 9.97 Å². The van der Waals surface area contributed by atoms with Crippen LogP contribution in [0.2, 0.25) is 0 Å². The van der Waals surface area contributed by atoms with E-state index in [4.69, 9.17) is 10.6 Å². The summed E-state index contributed by atoms with van der Waals surface area (Å²) in [4.78, 5) is 8.76. The van der Waals surface area contributed by atoms with Crippen molar-refractivity contribution >= 4 is 21.7 Å². The molecule has 2 aromatic rings. The minimum Gasteiger partial charge on any atom is -0.435 e. The first-order valence-electron chi connectivity index (χ1n) is 6.56. The number of rotatable bonds is 4. The van der Waals surface area contributed by atoms with Crippen LogP contribution in [0.3, 0.4) is 0 Å². The maximum absolute atomic E-state index is 13.9. The summed E-state index contributed by atoms with van der Waals surface area (Å²) in [5.41, 5.74) is 3.18. The van der Waals surface area contributed by atoms with Gasteiger partial charge in [0.25, 0.3) is 0 Å². The Labute approximate surface area is 129 Å². The zero-order valence-electron chi connectivity index (χ0n) is 11.4. The lowest BCUT2D eigenvalue weighted by Crippen LogP contribution is -2.13. The summed E-state index contributed by atoms with van der Waals surface area (Å²) < 4.78 is 20.1. The monoisotopic (exact) mass is 352 g/mol. The van der Waals surface area contributed by atoms with Crippen LogP contribution in [-0.2, 0) is 0 Å². The van der Waals surface area contributed by atoms with Gasteiger partial charge in [-0.05, 0) is 38.0 Å².